The summed E-state index contributed by atoms with van der Waals surface area (Å²) in [4.78, 5) is 11.1. The molecule has 136 valence electrons. The van der Waals surface area contributed by atoms with Gasteiger partial charge in [0.05, 0.1) is 6.61 Å². The molecule has 0 aliphatic carbocycles. The average Bonchev–Trinajstić information content (AvgIpc) is 2.55. The van der Waals surface area contributed by atoms with Gasteiger partial charge in [0, 0.05) is 20.3 Å². The van der Waals surface area contributed by atoms with Gasteiger partial charge in [-0.1, -0.05) is 57.4 Å². The van der Waals surface area contributed by atoms with Gasteiger partial charge in [0.15, 0.2) is 0 Å². The molecule has 0 aliphatic heterocycles. The smallest absolute Gasteiger partial charge is 0.334 e. The number of hydrogen-bond acceptors (Lipinski definition) is 4. The molecule has 0 saturated carbocycles. The first-order chi connectivity index (χ1) is 11.1. The number of unbranched alkanes of at least 4 members (excludes halogenated alkanes) is 8. The minimum absolute atomic E-state index is 0.228. The first kappa shape index (κ1) is 22.3. The Labute approximate surface area is 143 Å². The van der Waals surface area contributed by atoms with E-state index in [0.29, 0.717) is 6.61 Å². The number of hydrogen-bond donors (Lipinski definition) is 0. The molecule has 0 saturated heterocycles. The molecule has 0 unspecified atom stereocenters. The molecule has 0 aliphatic rings. The van der Waals surface area contributed by atoms with E-state index in [2.05, 4.69) is 6.55 Å². The van der Waals surface area contributed by atoms with E-state index < -0.39 is 8.56 Å². The fourth-order valence-electron chi connectivity index (χ4n) is 2.43. The van der Waals surface area contributed by atoms with Gasteiger partial charge >= 0.3 is 14.5 Å². The van der Waals surface area contributed by atoms with E-state index in [-0.39, 0.29) is 5.97 Å². The summed E-state index contributed by atoms with van der Waals surface area (Å²) in [7, 11) is 1.68. The zero-order valence-corrected chi connectivity index (χ0v) is 16.6. The van der Waals surface area contributed by atoms with Gasteiger partial charge in [-0.05, 0) is 25.9 Å². The van der Waals surface area contributed by atoms with E-state index in [9.17, 15) is 4.79 Å². The predicted octanol–water partition coefficient (Wildman–Crippen LogP) is 4.98. The maximum atomic E-state index is 11.1. The van der Waals surface area contributed by atoms with Crippen LogP contribution in [-0.4, -0.2) is 35.4 Å². The van der Waals surface area contributed by atoms with Crippen LogP contribution >= 0.6 is 0 Å². The predicted molar refractivity (Wildman–Crippen MR) is 97.8 cm³/mol. The summed E-state index contributed by atoms with van der Waals surface area (Å²) in [6.45, 7) is 4.49. The zero-order valence-electron chi connectivity index (χ0n) is 15.6. The number of allylic oxidation sites excluding steroid dienone is 1. The second-order valence-electron chi connectivity index (χ2n) is 6.14. The second-order valence-corrected chi connectivity index (χ2v) is 9.73. The topological polar surface area (TPSA) is 44.8 Å². The molecule has 0 N–H and O–H groups in total. The second kappa shape index (κ2) is 14.9. The van der Waals surface area contributed by atoms with Gasteiger partial charge in [-0.25, -0.2) is 4.79 Å². The minimum atomic E-state index is -1.84. The summed E-state index contributed by atoms with van der Waals surface area (Å²) in [6, 6.07) is 1.09. The van der Waals surface area contributed by atoms with Crippen molar-refractivity contribution in [3.8, 4) is 0 Å². The van der Waals surface area contributed by atoms with E-state index in [1.807, 2.05) is 6.92 Å². The molecule has 0 aromatic carbocycles. The lowest BCUT2D eigenvalue weighted by Gasteiger charge is -2.22. The third-order valence-corrected chi connectivity index (χ3v) is 7.17. The van der Waals surface area contributed by atoms with Gasteiger partial charge < -0.3 is 13.6 Å². The van der Waals surface area contributed by atoms with Gasteiger partial charge in [-0.3, -0.25) is 0 Å². The van der Waals surface area contributed by atoms with Crippen molar-refractivity contribution in [2.75, 3.05) is 20.8 Å². The molecule has 0 heterocycles. The lowest BCUT2D eigenvalue weighted by Crippen LogP contribution is -2.35. The Morgan fingerprint density at radius 3 is 1.83 bits per heavy atom. The first-order valence-corrected chi connectivity index (χ1v) is 11.5. The minimum Gasteiger partial charge on any atom is -0.463 e. The lowest BCUT2D eigenvalue weighted by molar-refractivity contribution is -0.137. The van der Waals surface area contributed by atoms with Crippen LogP contribution in [0, 0.1) is 0 Å². The van der Waals surface area contributed by atoms with Crippen LogP contribution in [0.2, 0.25) is 12.6 Å². The Balaban J connectivity index is 3.27. The Morgan fingerprint density at radius 2 is 1.35 bits per heavy atom. The Morgan fingerprint density at radius 1 is 0.870 bits per heavy atom. The zero-order chi connectivity index (χ0) is 17.4. The van der Waals surface area contributed by atoms with Crippen LogP contribution in [-0.2, 0) is 18.4 Å². The fourth-order valence-corrected chi connectivity index (χ4v) is 3.90. The van der Waals surface area contributed by atoms with E-state index >= 15 is 0 Å². The SMILES string of the molecule is CC=CC(=O)OCCCCCCCCCCC[Si](C)(OC)OC. The van der Waals surface area contributed by atoms with Crippen LogP contribution in [0.25, 0.3) is 0 Å². The standard InChI is InChI=1S/C18H36O4Si/c1-5-15-18(19)22-16-13-11-9-7-6-8-10-12-14-17-23(4,20-2)21-3/h5,15H,6-14,16-17H2,1-4H3. The van der Waals surface area contributed by atoms with Gasteiger partial charge in [-0.15, -0.1) is 0 Å². The Kier molecular flexibility index (Phi) is 14.5. The molecule has 0 rings (SSSR count). The number of rotatable bonds is 15. The fraction of sp³-hybridized carbons (Fsp3) is 0.833. The van der Waals surface area contributed by atoms with Crippen LogP contribution < -0.4 is 0 Å². The Bertz CT molecular complexity index is 314. The summed E-state index contributed by atoms with van der Waals surface area (Å²) in [6.07, 6.45) is 14.2. The molecule has 0 fully saturated rings. The van der Waals surface area contributed by atoms with Crippen molar-refractivity contribution >= 4 is 14.5 Å². The highest BCUT2D eigenvalue weighted by Crippen LogP contribution is 2.17. The number of ether oxygens (including phenoxy) is 1. The van der Waals surface area contributed by atoms with Gasteiger partial charge in [-0.2, -0.15) is 0 Å². The first-order valence-electron chi connectivity index (χ1n) is 8.97. The number of carbonyl (C=O) groups is 1. The summed E-state index contributed by atoms with van der Waals surface area (Å²) in [5, 5.41) is 0. The molecular weight excluding hydrogens is 308 g/mol. The van der Waals surface area contributed by atoms with Crippen LogP contribution in [0.4, 0.5) is 0 Å². The molecular formula is C18H36O4Si. The van der Waals surface area contributed by atoms with Crippen molar-refractivity contribution in [3.63, 3.8) is 0 Å². The maximum Gasteiger partial charge on any atom is 0.334 e. The lowest BCUT2D eigenvalue weighted by atomic mass is 10.1. The molecule has 0 spiro atoms. The summed E-state index contributed by atoms with van der Waals surface area (Å²) in [5.74, 6) is -0.228. The third kappa shape index (κ3) is 13.5. The number of carbonyl (C=O) groups excluding carboxylic acids is 1. The normalized spacial score (nSPS) is 12.0. The average molecular weight is 345 g/mol. The largest absolute Gasteiger partial charge is 0.463 e. The van der Waals surface area contributed by atoms with Crippen LogP contribution in [0.1, 0.15) is 64.7 Å². The van der Waals surface area contributed by atoms with Crippen molar-refractivity contribution in [2.45, 2.75) is 77.3 Å². The van der Waals surface area contributed by atoms with Crippen molar-refractivity contribution in [1.82, 2.24) is 0 Å². The molecule has 0 amide bonds. The summed E-state index contributed by atoms with van der Waals surface area (Å²) >= 11 is 0. The maximum absolute atomic E-state index is 11.1. The van der Waals surface area contributed by atoms with Gasteiger partial charge in [0.25, 0.3) is 0 Å². The molecule has 0 aromatic heterocycles. The van der Waals surface area contributed by atoms with Crippen molar-refractivity contribution in [1.29, 1.82) is 0 Å². The molecule has 4 nitrogen and oxygen atoms in total. The highest BCUT2D eigenvalue weighted by atomic mass is 28.4. The van der Waals surface area contributed by atoms with E-state index in [0.717, 1.165) is 18.9 Å². The molecule has 5 heteroatoms. The van der Waals surface area contributed by atoms with Crippen molar-refractivity contribution in [3.05, 3.63) is 12.2 Å². The van der Waals surface area contributed by atoms with Crippen LogP contribution in [0.15, 0.2) is 12.2 Å². The van der Waals surface area contributed by atoms with Gasteiger partial charge in [0.1, 0.15) is 0 Å². The molecule has 23 heavy (non-hydrogen) atoms. The van der Waals surface area contributed by atoms with E-state index in [4.69, 9.17) is 13.6 Å². The van der Waals surface area contributed by atoms with E-state index in [1.165, 1.54) is 51.0 Å². The molecule has 0 atom stereocenters. The highest BCUT2D eigenvalue weighted by Gasteiger charge is 2.27. The van der Waals surface area contributed by atoms with Crippen molar-refractivity contribution in [2.24, 2.45) is 0 Å². The highest BCUT2D eigenvalue weighted by molar-refractivity contribution is 6.65. The number of esters is 1. The molecule has 0 bridgehead atoms. The molecule has 0 aromatic rings. The molecule has 0 radical (unpaired) electrons. The quantitative estimate of drug-likeness (QED) is 0.182. The Hall–Kier alpha value is -0.653. The summed E-state index contributed by atoms with van der Waals surface area (Å²) < 4.78 is 16.0. The van der Waals surface area contributed by atoms with E-state index in [1.54, 1.807) is 20.3 Å². The van der Waals surface area contributed by atoms with Crippen molar-refractivity contribution < 1.29 is 18.4 Å². The monoisotopic (exact) mass is 344 g/mol. The van der Waals surface area contributed by atoms with Gasteiger partial charge in [0.2, 0.25) is 0 Å². The summed E-state index contributed by atoms with van der Waals surface area (Å²) in [5.41, 5.74) is 0. The van der Waals surface area contributed by atoms with Crippen LogP contribution in [0.5, 0.6) is 0 Å². The third-order valence-electron chi connectivity index (χ3n) is 4.19. The van der Waals surface area contributed by atoms with Crippen LogP contribution in [0.3, 0.4) is 0 Å².